The zero-order valence-corrected chi connectivity index (χ0v) is 14.7. The minimum atomic E-state index is -0.446. The SMILES string of the molecule is OC1(CN2CCCC2)CCN(C2CCN(c3ccccc3)C2)CC1. The van der Waals surface area contributed by atoms with Crippen LogP contribution in [-0.2, 0) is 0 Å². The highest BCUT2D eigenvalue weighted by Crippen LogP contribution is 2.29. The lowest BCUT2D eigenvalue weighted by Gasteiger charge is -2.42. The molecule has 24 heavy (non-hydrogen) atoms. The van der Waals surface area contributed by atoms with Crippen LogP contribution in [0.25, 0.3) is 0 Å². The van der Waals surface area contributed by atoms with Crippen molar-refractivity contribution in [3.05, 3.63) is 30.3 Å². The highest BCUT2D eigenvalue weighted by molar-refractivity contribution is 5.47. The van der Waals surface area contributed by atoms with Gasteiger partial charge >= 0.3 is 0 Å². The molecule has 3 aliphatic heterocycles. The van der Waals surface area contributed by atoms with Gasteiger partial charge in [0, 0.05) is 44.5 Å². The van der Waals surface area contributed by atoms with Crippen molar-refractivity contribution in [2.45, 2.75) is 43.7 Å². The standard InChI is InChI=1S/C20H31N3O/c24-20(17-21-11-4-5-12-21)9-14-22(15-10-20)19-8-13-23(16-19)18-6-2-1-3-7-18/h1-3,6-7,19,24H,4-5,8-17H2. The molecule has 3 saturated heterocycles. The molecule has 0 spiro atoms. The van der Waals surface area contributed by atoms with E-state index in [1.54, 1.807) is 0 Å². The Morgan fingerprint density at radius 2 is 1.67 bits per heavy atom. The van der Waals surface area contributed by atoms with Crippen LogP contribution in [0.2, 0.25) is 0 Å². The molecule has 1 aromatic carbocycles. The van der Waals surface area contributed by atoms with E-state index in [9.17, 15) is 5.11 Å². The summed E-state index contributed by atoms with van der Waals surface area (Å²) in [5, 5.41) is 10.9. The molecule has 4 nitrogen and oxygen atoms in total. The molecular weight excluding hydrogens is 298 g/mol. The largest absolute Gasteiger partial charge is 0.388 e. The van der Waals surface area contributed by atoms with Gasteiger partial charge in [0.2, 0.25) is 0 Å². The van der Waals surface area contributed by atoms with Gasteiger partial charge in [-0.25, -0.2) is 0 Å². The Labute approximate surface area is 146 Å². The van der Waals surface area contributed by atoms with Gasteiger partial charge in [0.1, 0.15) is 0 Å². The van der Waals surface area contributed by atoms with E-state index >= 15 is 0 Å². The maximum absolute atomic E-state index is 10.9. The molecular formula is C20H31N3O. The zero-order valence-electron chi connectivity index (χ0n) is 14.7. The Hall–Kier alpha value is -1.10. The van der Waals surface area contributed by atoms with Crippen molar-refractivity contribution in [3.63, 3.8) is 0 Å². The topological polar surface area (TPSA) is 30.0 Å². The number of likely N-dealkylation sites (tertiary alicyclic amines) is 2. The lowest BCUT2D eigenvalue weighted by Crippen LogP contribution is -2.53. The Balaban J connectivity index is 1.28. The Kier molecular flexibility index (Phi) is 4.79. The molecule has 3 heterocycles. The first-order chi connectivity index (χ1) is 11.7. The van der Waals surface area contributed by atoms with Crippen molar-refractivity contribution in [2.75, 3.05) is 50.7 Å². The van der Waals surface area contributed by atoms with E-state index < -0.39 is 5.60 Å². The molecule has 1 N–H and O–H groups in total. The average molecular weight is 329 g/mol. The molecule has 3 aliphatic rings. The molecule has 1 atom stereocenters. The second-order valence-electron chi connectivity index (χ2n) is 7.97. The van der Waals surface area contributed by atoms with Crippen LogP contribution in [0, 0.1) is 0 Å². The number of benzene rings is 1. The maximum Gasteiger partial charge on any atom is 0.0798 e. The molecule has 0 radical (unpaired) electrons. The summed E-state index contributed by atoms with van der Waals surface area (Å²) >= 11 is 0. The summed E-state index contributed by atoms with van der Waals surface area (Å²) < 4.78 is 0. The van der Waals surface area contributed by atoms with Crippen LogP contribution in [-0.4, -0.2) is 72.4 Å². The summed E-state index contributed by atoms with van der Waals surface area (Å²) in [6.45, 7) is 7.65. The summed E-state index contributed by atoms with van der Waals surface area (Å²) in [5.74, 6) is 0. The number of hydrogen-bond donors (Lipinski definition) is 1. The maximum atomic E-state index is 10.9. The van der Waals surface area contributed by atoms with Crippen molar-refractivity contribution in [1.82, 2.24) is 9.80 Å². The van der Waals surface area contributed by atoms with Gasteiger partial charge < -0.3 is 14.9 Å². The van der Waals surface area contributed by atoms with Crippen LogP contribution in [0.15, 0.2) is 30.3 Å². The third kappa shape index (κ3) is 3.61. The fourth-order valence-electron chi connectivity index (χ4n) is 4.73. The highest BCUT2D eigenvalue weighted by Gasteiger charge is 2.38. The fraction of sp³-hybridized carbons (Fsp3) is 0.700. The van der Waals surface area contributed by atoms with Gasteiger partial charge in [0.05, 0.1) is 5.60 Å². The van der Waals surface area contributed by atoms with Crippen LogP contribution < -0.4 is 4.90 Å². The van der Waals surface area contributed by atoms with E-state index in [0.717, 1.165) is 45.6 Å². The van der Waals surface area contributed by atoms with Crippen molar-refractivity contribution in [3.8, 4) is 0 Å². The molecule has 0 saturated carbocycles. The Bertz CT molecular complexity index is 521. The van der Waals surface area contributed by atoms with E-state index in [1.165, 1.54) is 38.0 Å². The monoisotopic (exact) mass is 329 g/mol. The summed E-state index contributed by atoms with van der Waals surface area (Å²) in [4.78, 5) is 7.60. The van der Waals surface area contributed by atoms with Crippen LogP contribution in [0.4, 0.5) is 5.69 Å². The molecule has 0 amide bonds. The number of β-amino-alcohol motifs (C(OH)–C–C–N with tert-alkyl or cyclic N) is 1. The van der Waals surface area contributed by atoms with Crippen LogP contribution >= 0.6 is 0 Å². The number of rotatable bonds is 4. The smallest absolute Gasteiger partial charge is 0.0798 e. The van der Waals surface area contributed by atoms with Gasteiger partial charge in [-0.15, -0.1) is 0 Å². The van der Waals surface area contributed by atoms with Crippen LogP contribution in [0.1, 0.15) is 32.1 Å². The van der Waals surface area contributed by atoms with Gasteiger partial charge in [-0.1, -0.05) is 18.2 Å². The average Bonchev–Trinajstić information content (AvgIpc) is 3.28. The zero-order chi connectivity index (χ0) is 16.4. The Morgan fingerprint density at radius 3 is 2.38 bits per heavy atom. The second-order valence-corrected chi connectivity index (χ2v) is 7.97. The third-order valence-corrected chi connectivity index (χ3v) is 6.25. The molecule has 0 aromatic heterocycles. The number of nitrogens with zero attached hydrogens (tertiary/aromatic N) is 3. The second kappa shape index (κ2) is 7.03. The number of hydrogen-bond acceptors (Lipinski definition) is 4. The first-order valence-corrected chi connectivity index (χ1v) is 9.71. The van der Waals surface area contributed by atoms with Gasteiger partial charge in [-0.2, -0.15) is 0 Å². The van der Waals surface area contributed by atoms with E-state index in [1.807, 2.05) is 0 Å². The number of aliphatic hydroxyl groups is 1. The molecule has 0 bridgehead atoms. The van der Waals surface area contributed by atoms with Crippen molar-refractivity contribution in [1.29, 1.82) is 0 Å². The lowest BCUT2D eigenvalue weighted by atomic mass is 9.90. The first kappa shape index (κ1) is 16.4. The molecule has 3 fully saturated rings. The minimum absolute atomic E-state index is 0.446. The molecule has 1 unspecified atom stereocenters. The van der Waals surface area contributed by atoms with Gasteiger partial charge in [-0.3, -0.25) is 4.90 Å². The number of anilines is 1. The Morgan fingerprint density at radius 1 is 0.958 bits per heavy atom. The number of para-hydroxylation sites is 1. The molecule has 1 aromatic rings. The summed E-state index contributed by atoms with van der Waals surface area (Å²) in [6.07, 6.45) is 5.73. The van der Waals surface area contributed by atoms with Gasteiger partial charge in [0.15, 0.2) is 0 Å². The predicted molar refractivity (Wildman–Crippen MR) is 98.5 cm³/mol. The van der Waals surface area contributed by atoms with E-state index in [2.05, 4.69) is 45.0 Å². The fourth-order valence-corrected chi connectivity index (χ4v) is 4.73. The van der Waals surface area contributed by atoms with Crippen molar-refractivity contribution >= 4 is 5.69 Å². The van der Waals surface area contributed by atoms with Gasteiger partial charge in [-0.05, 0) is 57.3 Å². The van der Waals surface area contributed by atoms with E-state index in [-0.39, 0.29) is 0 Å². The van der Waals surface area contributed by atoms with Crippen molar-refractivity contribution in [2.24, 2.45) is 0 Å². The van der Waals surface area contributed by atoms with E-state index in [0.29, 0.717) is 6.04 Å². The van der Waals surface area contributed by atoms with E-state index in [4.69, 9.17) is 0 Å². The van der Waals surface area contributed by atoms with Crippen LogP contribution in [0.5, 0.6) is 0 Å². The van der Waals surface area contributed by atoms with Gasteiger partial charge in [0.25, 0.3) is 0 Å². The highest BCUT2D eigenvalue weighted by atomic mass is 16.3. The van der Waals surface area contributed by atoms with Crippen molar-refractivity contribution < 1.29 is 5.11 Å². The first-order valence-electron chi connectivity index (χ1n) is 9.71. The molecule has 4 rings (SSSR count). The predicted octanol–water partition coefficient (Wildman–Crippen LogP) is 2.19. The number of piperidine rings is 1. The third-order valence-electron chi connectivity index (χ3n) is 6.25. The summed E-state index contributed by atoms with van der Waals surface area (Å²) in [5.41, 5.74) is 0.904. The molecule has 4 heteroatoms. The normalized spacial score (nSPS) is 28.5. The molecule has 132 valence electrons. The minimum Gasteiger partial charge on any atom is -0.388 e. The quantitative estimate of drug-likeness (QED) is 0.917. The summed E-state index contributed by atoms with van der Waals surface area (Å²) in [6, 6.07) is 11.4. The summed E-state index contributed by atoms with van der Waals surface area (Å²) in [7, 11) is 0. The molecule has 0 aliphatic carbocycles. The lowest BCUT2D eigenvalue weighted by molar-refractivity contribution is -0.0477. The van der Waals surface area contributed by atoms with Crippen LogP contribution in [0.3, 0.4) is 0 Å².